The Morgan fingerprint density at radius 3 is 2.53 bits per heavy atom. The summed E-state index contributed by atoms with van der Waals surface area (Å²) in [5.41, 5.74) is 7.22. The number of ether oxygens (including phenoxy) is 2. The molecule has 0 aliphatic rings. The molecule has 0 aliphatic carbocycles. The lowest BCUT2D eigenvalue weighted by molar-refractivity contribution is -0.176. The minimum Gasteiger partial charge on any atom is -0.496 e. The average Bonchev–Trinajstić information content (AvgIpc) is 2.27. The maximum Gasteiger partial charge on any atom is 0.411 e. The summed E-state index contributed by atoms with van der Waals surface area (Å²) in [6, 6.07) is 5.30. The molecule has 1 aromatic carbocycles. The molecule has 19 heavy (non-hydrogen) atoms. The Hall–Kier alpha value is -1.27. The van der Waals surface area contributed by atoms with Gasteiger partial charge in [-0.25, -0.2) is 0 Å². The van der Waals surface area contributed by atoms with Gasteiger partial charge in [-0.1, -0.05) is 6.07 Å². The largest absolute Gasteiger partial charge is 0.496 e. The predicted molar refractivity (Wildman–Crippen MR) is 66.1 cm³/mol. The van der Waals surface area contributed by atoms with Crippen molar-refractivity contribution >= 4 is 0 Å². The molecule has 0 aliphatic heterocycles. The molecule has 0 heterocycles. The minimum atomic E-state index is -4.32. The number of methoxy groups -OCH3 is 1. The van der Waals surface area contributed by atoms with Crippen molar-refractivity contribution in [2.45, 2.75) is 32.2 Å². The lowest BCUT2D eigenvalue weighted by Gasteiger charge is -2.13. The molecule has 0 aromatic heterocycles. The fraction of sp³-hybridized carbons (Fsp3) is 0.538. The molecule has 0 bridgehead atoms. The lowest BCUT2D eigenvalue weighted by Crippen LogP contribution is -2.18. The molecule has 1 rings (SSSR count). The van der Waals surface area contributed by atoms with Crippen molar-refractivity contribution in [3.8, 4) is 5.75 Å². The van der Waals surface area contributed by atoms with E-state index in [1.807, 2.05) is 13.0 Å². The number of alkyl halides is 3. The van der Waals surface area contributed by atoms with Gasteiger partial charge in [-0.2, -0.15) is 13.2 Å². The van der Waals surface area contributed by atoms with E-state index in [1.165, 1.54) is 7.11 Å². The van der Waals surface area contributed by atoms with Crippen molar-refractivity contribution < 1.29 is 22.6 Å². The summed E-state index contributed by atoms with van der Waals surface area (Å²) in [5, 5.41) is 0. The minimum absolute atomic E-state index is 0.0164. The van der Waals surface area contributed by atoms with Crippen LogP contribution in [0.25, 0.3) is 0 Å². The zero-order chi connectivity index (χ0) is 14.5. The van der Waals surface area contributed by atoms with Gasteiger partial charge in [0.15, 0.2) is 0 Å². The van der Waals surface area contributed by atoms with Crippen molar-refractivity contribution in [1.29, 1.82) is 0 Å². The maximum absolute atomic E-state index is 12.0. The third-order valence-electron chi connectivity index (χ3n) is 2.43. The zero-order valence-corrected chi connectivity index (χ0v) is 11.0. The maximum atomic E-state index is 12.0. The average molecular weight is 277 g/mol. The number of hydrogen-bond acceptors (Lipinski definition) is 3. The van der Waals surface area contributed by atoms with E-state index in [0.29, 0.717) is 17.7 Å². The molecule has 108 valence electrons. The highest BCUT2D eigenvalue weighted by Gasteiger charge is 2.27. The molecule has 1 atom stereocenters. The van der Waals surface area contributed by atoms with E-state index in [4.69, 9.17) is 10.5 Å². The summed E-state index contributed by atoms with van der Waals surface area (Å²) in [5.74, 6) is 0.510. The van der Waals surface area contributed by atoms with Crippen LogP contribution in [-0.4, -0.2) is 25.9 Å². The normalized spacial score (nSPS) is 13.4. The number of halogens is 3. The molecule has 0 saturated carbocycles. The summed E-state index contributed by atoms with van der Waals surface area (Å²) in [6.45, 7) is 0.452. The topological polar surface area (TPSA) is 44.5 Å². The van der Waals surface area contributed by atoms with Crippen LogP contribution in [-0.2, 0) is 17.8 Å². The van der Waals surface area contributed by atoms with Gasteiger partial charge in [0.1, 0.15) is 12.4 Å². The Balaban J connectivity index is 2.73. The quantitative estimate of drug-likeness (QED) is 0.869. The van der Waals surface area contributed by atoms with Crippen molar-refractivity contribution in [2.75, 3.05) is 13.7 Å². The van der Waals surface area contributed by atoms with E-state index in [9.17, 15) is 13.2 Å². The Morgan fingerprint density at radius 2 is 2.00 bits per heavy atom. The van der Waals surface area contributed by atoms with Gasteiger partial charge in [0, 0.05) is 11.6 Å². The van der Waals surface area contributed by atoms with Crippen LogP contribution in [0.4, 0.5) is 13.2 Å². The standard InChI is InChI=1S/C13H18F3NO2/c1-9(17)5-10-3-4-12(18-2)11(6-10)7-19-8-13(14,15)16/h3-4,6,9H,5,7-8,17H2,1-2H3. The van der Waals surface area contributed by atoms with Gasteiger partial charge in [-0.3, -0.25) is 0 Å². The molecule has 0 amide bonds. The van der Waals surface area contributed by atoms with Crippen molar-refractivity contribution in [2.24, 2.45) is 5.73 Å². The van der Waals surface area contributed by atoms with Crippen LogP contribution in [0.3, 0.4) is 0 Å². The van der Waals surface area contributed by atoms with Gasteiger partial charge in [-0.15, -0.1) is 0 Å². The molecule has 6 heteroatoms. The highest BCUT2D eigenvalue weighted by atomic mass is 19.4. The number of nitrogens with two attached hydrogens (primary N) is 1. The molecule has 3 nitrogen and oxygen atoms in total. The van der Waals surface area contributed by atoms with Crippen molar-refractivity contribution in [3.05, 3.63) is 29.3 Å². The van der Waals surface area contributed by atoms with Gasteiger partial charge in [0.05, 0.1) is 13.7 Å². The third kappa shape index (κ3) is 5.94. The molecule has 0 radical (unpaired) electrons. The van der Waals surface area contributed by atoms with Crippen molar-refractivity contribution in [3.63, 3.8) is 0 Å². The molecule has 1 aromatic rings. The van der Waals surface area contributed by atoms with Crippen LogP contribution in [0.5, 0.6) is 5.75 Å². The van der Waals surface area contributed by atoms with Gasteiger partial charge >= 0.3 is 6.18 Å². The van der Waals surface area contributed by atoms with E-state index in [0.717, 1.165) is 5.56 Å². The Bertz CT molecular complexity index is 405. The third-order valence-corrected chi connectivity index (χ3v) is 2.43. The highest BCUT2D eigenvalue weighted by Crippen LogP contribution is 2.23. The summed E-state index contributed by atoms with van der Waals surface area (Å²) >= 11 is 0. The SMILES string of the molecule is COc1ccc(CC(C)N)cc1COCC(F)(F)F. The smallest absolute Gasteiger partial charge is 0.411 e. The zero-order valence-electron chi connectivity index (χ0n) is 11.0. The van der Waals surface area contributed by atoms with E-state index in [2.05, 4.69) is 4.74 Å². The molecule has 0 fully saturated rings. The first-order valence-electron chi connectivity index (χ1n) is 5.87. The van der Waals surface area contributed by atoms with Crippen LogP contribution in [0, 0.1) is 0 Å². The van der Waals surface area contributed by atoms with E-state index < -0.39 is 12.8 Å². The summed E-state index contributed by atoms with van der Waals surface area (Å²) in [6.07, 6.45) is -3.67. The molecule has 0 saturated heterocycles. The monoisotopic (exact) mass is 277 g/mol. The van der Waals surface area contributed by atoms with Gasteiger partial charge in [0.25, 0.3) is 0 Å². The Morgan fingerprint density at radius 1 is 1.32 bits per heavy atom. The summed E-state index contributed by atoms with van der Waals surface area (Å²) in [4.78, 5) is 0. The highest BCUT2D eigenvalue weighted by molar-refractivity contribution is 5.37. The van der Waals surface area contributed by atoms with Crippen LogP contribution >= 0.6 is 0 Å². The van der Waals surface area contributed by atoms with E-state index >= 15 is 0 Å². The number of rotatable bonds is 6. The Labute approximate surface area is 110 Å². The number of benzene rings is 1. The molecular formula is C13H18F3NO2. The Kier molecular flexibility index (Phi) is 5.62. The molecular weight excluding hydrogens is 259 g/mol. The van der Waals surface area contributed by atoms with Gasteiger partial charge < -0.3 is 15.2 Å². The fourth-order valence-electron chi connectivity index (χ4n) is 1.72. The fourth-order valence-corrected chi connectivity index (χ4v) is 1.72. The van der Waals surface area contributed by atoms with Crippen LogP contribution in [0.1, 0.15) is 18.1 Å². The van der Waals surface area contributed by atoms with Crippen LogP contribution in [0.2, 0.25) is 0 Å². The first kappa shape index (κ1) is 15.8. The summed E-state index contributed by atoms with van der Waals surface area (Å²) < 4.78 is 45.8. The van der Waals surface area contributed by atoms with Crippen LogP contribution in [0.15, 0.2) is 18.2 Å². The lowest BCUT2D eigenvalue weighted by atomic mass is 10.0. The molecule has 0 spiro atoms. The molecule has 1 unspecified atom stereocenters. The second-order valence-corrected chi connectivity index (χ2v) is 4.44. The first-order valence-corrected chi connectivity index (χ1v) is 5.87. The predicted octanol–water partition coefficient (Wildman–Crippen LogP) is 2.66. The van der Waals surface area contributed by atoms with Crippen molar-refractivity contribution in [1.82, 2.24) is 0 Å². The van der Waals surface area contributed by atoms with E-state index in [-0.39, 0.29) is 12.6 Å². The summed E-state index contributed by atoms with van der Waals surface area (Å²) in [7, 11) is 1.47. The second kappa shape index (κ2) is 6.77. The number of hydrogen-bond donors (Lipinski definition) is 1. The van der Waals surface area contributed by atoms with Crippen LogP contribution < -0.4 is 10.5 Å². The molecule has 2 N–H and O–H groups in total. The van der Waals surface area contributed by atoms with E-state index in [1.54, 1.807) is 12.1 Å². The second-order valence-electron chi connectivity index (χ2n) is 4.44. The van der Waals surface area contributed by atoms with Gasteiger partial charge in [-0.05, 0) is 31.0 Å². The van der Waals surface area contributed by atoms with Gasteiger partial charge in [0.2, 0.25) is 0 Å². The first-order chi connectivity index (χ1) is 8.81.